The first kappa shape index (κ1) is 27.8. The Morgan fingerprint density at radius 1 is 1.07 bits per heavy atom. The lowest BCUT2D eigenvalue weighted by Gasteiger charge is -2.27. The van der Waals surface area contributed by atoms with Crippen LogP contribution in [0.3, 0.4) is 0 Å². The predicted molar refractivity (Wildman–Crippen MR) is 149 cm³/mol. The summed E-state index contributed by atoms with van der Waals surface area (Å²) in [5.41, 5.74) is 1.74. The Hall–Kier alpha value is -3.79. The second-order valence-electron chi connectivity index (χ2n) is 10.7. The number of nitrogens with one attached hydrogen (secondary N) is 1. The summed E-state index contributed by atoms with van der Waals surface area (Å²) >= 11 is 0. The topological polar surface area (TPSA) is 90.3 Å². The van der Waals surface area contributed by atoms with Crippen molar-refractivity contribution in [2.45, 2.75) is 57.1 Å². The van der Waals surface area contributed by atoms with Crippen molar-refractivity contribution in [1.82, 2.24) is 9.55 Å². The van der Waals surface area contributed by atoms with Crippen molar-refractivity contribution < 1.29 is 26.7 Å². The molecule has 1 fully saturated rings. The number of halogens is 2. The molecule has 0 bridgehead atoms. The number of sulfone groups is 1. The van der Waals surface area contributed by atoms with Crippen LogP contribution in [0.25, 0.3) is 11.0 Å². The summed E-state index contributed by atoms with van der Waals surface area (Å²) in [7, 11) is -3.30. The number of ether oxygens (including phenoxy) is 1. The van der Waals surface area contributed by atoms with Gasteiger partial charge in [0.25, 0.3) is 0 Å². The fourth-order valence-corrected chi connectivity index (χ4v) is 5.55. The fourth-order valence-electron chi connectivity index (χ4n) is 4.66. The fraction of sp³-hybridized carbons (Fsp3) is 0.333. The third kappa shape index (κ3) is 6.01. The summed E-state index contributed by atoms with van der Waals surface area (Å²) in [5.74, 6) is -0.649. The summed E-state index contributed by atoms with van der Waals surface area (Å²) < 4.78 is 59.9. The zero-order valence-electron chi connectivity index (χ0n) is 22.6. The quantitative estimate of drug-likeness (QED) is 0.253. The van der Waals surface area contributed by atoms with Crippen LogP contribution in [0.1, 0.15) is 45.0 Å². The largest absolute Gasteiger partial charge is 0.477 e. The van der Waals surface area contributed by atoms with Crippen LogP contribution in [0.4, 0.5) is 14.5 Å². The van der Waals surface area contributed by atoms with Gasteiger partial charge in [-0.2, -0.15) is 0 Å². The smallest absolute Gasteiger partial charge is 0.228 e. The Morgan fingerprint density at radius 3 is 2.45 bits per heavy atom. The Morgan fingerprint density at radius 2 is 1.80 bits per heavy atom. The molecule has 1 N–H and O–H groups in total. The molecule has 5 rings (SSSR count). The predicted octanol–water partition coefficient (Wildman–Crippen LogP) is 6.01. The van der Waals surface area contributed by atoms with E-state index in [1.807, 2.05) is 6.07 Å². The van der Waals surface area contributed by atoms with Crippen molar-refractivity contribution in [2.75, 3.05) is 11.1 Å². The van der Waals surface area contributed by atoms with E-state index in [9.17, 15) is 22.0 Å². The number of nitrogens with zero attached hydrogens (tertiary/aromatic N) is 2. The number of aromatic nitrogens is 2. The molecule has 3 aromatic carbocycles. The van der Waals surface area contributed by atoms with Gasteiger partial charge in [0, 0.05) is 18.3 Å². The van der Waals surface area contributed by atoms with Gasteiger partial charge in [0.2, 0.25) is 5.91 Å². The molecule has 4 aromatic rings. The van der Waals surface area contributed by atoms with Gasteiger partial charge in [0.05, 0.1) is 28.1 Å². The van der Waals surface area contributed by atoms with E-state index in [0.717, 1.165) is 37.0 Å². The highest BCUT2D eigenvalue weighted by Gasteiger charge is 2.33. The molecule has 0 spiro atoms. The van der Waals surface area contributed by atoms with E-state index in [0.29, 0.717) is 28.5 Å². The number of imidazole rings is 1. The van der Waals surface area contributed by atoms with E-state index in [2.05, 4.69) is 9.88 Å². The van der Waals surface area contributed by atoms with E-state index >= 15 is 0 Å². The average Bonchev–Trinajstić information content (AvgIpc) is 3.65. The van der Waals surface area contributed by atoms with Gasteiger partial charge in [0.1, 0.15) is 5.82 Å². The lowest BCUT2D eigenvalue weighted by molar-refractivity contribution is -0.115. The van der Waals surface area contributed by atoms with E-state index in [1.165, 1.54) is 18.2 Å². The van der Waals surface area contributed by atoms with E-state index in [4.69, 9.17) is 9.72 Å². The van der Waals surface area contributed by atoms with Crippen LogP contribution in [-0.4, -0.2) is 29.6 Å². The third-order valence-corrected chi connectivity index (χ3v) is 8.74. The monoisotopic (exact) mass is 567 g/mol. The van der Waals surface area contributed by atoms with Gasteiger partial charge < -0.3 is 14.6 Å². The van der Waals surface area contributed by atoms with Crippen LogP contribution in [0.2, 0.25) is 0 Å². The summed E-state index contributed by atoms with van der Waals surface area (Å²) in [6, 6.07) is 15.0. The molecule has 0 radical (unpaired) electrons. The number of hydrogen-bond acceptors (Lipinski definition) is 5. The number of carbonyl (C=O) groups excluding carboxylic acids is 1. The third-order valence-electron chi connectivity index (χ3n) is 6.99. The maximum absolute atomic E-state index is 14.4. The van der Waals surface area contributed by atoms with Crippen LogP contribution in [0.15, 0.2) is 65.6 Å². The van der Waals surface area contributed by atoms with Gasteiger partial charge in [-0.15, -0.1) is 0 Å². The molecular formula is C30H31F2N3O4S. The summed E-state index contributed by atoms with van der Waals surface area (Å²) in [4.78, 5) is 17.8. The minimum absolute atomic E-state index is 0.0138. The SMILES string of the molecule is CCS(=O)(=O)c1ccc(CC(=O)Nc2ccc3c(c2)nc(C(C)(C)Oc2ccc(F)cc2F)n3CC2CC2)cc1. The average molecular weight is 568 g/mol. The van der Waals surface area contributed by atoms with E-state index in [1.54, 1.807) is 45.0 Å². The van der Waals surface area contributed by atoms with E-state index in [-0.39, 0.29) is 28.7 Å². The molecule has 7 nitrogen and oxygen atoms in total. The minimum atomic E-state index is -3.30. The summed E-state index contributed by atoms with van der Waals surface area (Å²) in [6.45, 7) is 5.91. The molecule has 1 aromatic heterocycles. The zero-order valence-corrected chi connectivity index (χ0v) is 23.4. The summed E-state index contributed by atoms with van der Waals surface area (Å²) in [6.07, 6.45) is 2.31. The number of anilines is 1. The Labute approximate surface area is 232 Å². The molecule has 0 aliphatic heterocycles. The van der Waals surface area contributed by atoms with Gasteiger partial charge in [-0.1, -0.05) is 19.1 Å². The number of hydrogen-bond donors (Lipinski definition) is 1. The van der Waals surface area contributed by atoms with E-state index < -0.39 is 27.1 Å². The molecule has 1 heterocycles. The zero-order chi connectivity index (χ0) is 28.7. The first-order valence-electron chi connectivity index (χ1n) is 13.2. The second-order valence-corrected chi connectivity index (χ2v) is 12.9. The Bertz CT molecular complexity index is 1680. The first-order chi connectivity index (χ1) is 18.9. The molecule has 1 saturated carbocycles. The number of amides is 1. The van der Waals surface area contributed by atoms with Gasteiger partial charge in [0.15, 0.2) is 32.8 Å². The number of fused-ring (bicyclic) bond motifs is 1. The van der Waals surface area contributed by atoms with Crippen molar-refractivity contribution in [3.63, 3.8) is 0 Å². The second kappa shape index (κ2) is 10.6. The highest BCUT2D eigenvalue weighted by atomic mass is 32.2. The lowest BCUT2D eigenvalue weighted by atomic mass is 10.1. The number of carbonyl (C=O) groups is 1. The number of benzene rings is 3. The van der Waals surface area contributed by atoms with Gasteiger partial charge in [-0.25, -0.2) is 22.2 Å². The van der Waals surface area contributed by atoms with Crippen LogP contribution >= 0.6 is 0 Å². The maximum atomic E-state index is 14.4. The van der Waals surface area contributed by atoms with Crippen molar-refractivity contribution in [1.29, 1.82) is 0 Å². The van der Waals surface area contributed by atoms with Crippen molar-refractivity contribution in [3.8, 4) is 5.75 Å². The standard InChI is InChI=1S/C30H31F2N3O4S/c1-4-40(37,38)23-11-7-19(8-12-23)15-28(36)33-22-10-13-26-25(17-22)34-29(35(26)18-20-5-6-20)30(2,3)39-27-14-9-21(31)16-24(27)32/h7-14,16-17,20H,4-6,15,18H2,1-3H3,(H,33,36). The Kier molecular flexibility index (Phi) is 7.39. The van der Waals surface area contributed by atoms with Crippen molar-refractivity contribution >= 4 is 32.5 Å². The van der Waals surface area contributed by atoms with Gasteiger partial charge >= 0.3 is 0 Å². The lowest BCUT2D eigenvalue weighted by Crippen LogP contribution is -2.30. The van der Waals surface area contributed by atoms with Crippen molar-refractivity contribution in [3.05, 3.63) is 83.7 Å². The highest BCUT2D eigenvalue weighted by Crippen LogP contribution is 2.37. The molecule has 0 atom stereocenters. The molecule has 1 amide bonds. The van der Waals surface area contributed by atoms with Crippen LogP contribution in [-0.2, 0) is 33.2 Å². The molecule has 40 heavy (non-hydrogen) atoms. The maximum Gasteiger partial charge on any atom is 0.228 e. The molecule has 210 valence electrons. The van der Waals surface area contributed by atoms with Crippen molar-refractivity contribution in [2.24, 2.45) is 5.92 Å². The van der Waals surface area contributed by atoms with Gasteiger partial charge in [-0.3, -0.25) is 4.79 Å². The van der Waals surface area contributed by atoms with Gasteiger partial charge in [-0.05, 0) is 80.6 Å². The Balaban J connectivity index is 1.37. The minimum Gasteiger partial charge on any atom is -0.477 e. The number of rotatable bonds is 10. The van der Waals surface area contributed by atoms with Crippen LogP contribution in [0.5, 0.6) is 5.75 Å². The van der Waals surface area contributed by atoms with Crippen LogP contribution < -0.4 is 10.1 Å². The normalized spacial score (nSPS) is 13.9. The molecule has 1 aliphatic carbocycles. The molecule has 0 saturated heterocycles. The first-order valence-corrected chi connectivity index (χ1v) is 14.9. The van der Waals surface area contributed by atoms with Crippen LogP contribution in [0, 0.1) is 17.6 Å². The molecule has 0 unspecified atom stereocenters. The summed E-state index contributed by atoms with van der Waals surface area (Å²) in [5, 5.41) is 2.89. The molecule has 10 heteroatoms. The highest BCUT2D eigenvalue weighted by molar-refractivity contribution is 7.91. The molecule has 1 aliphatic rings. The molecular weight excluding hydrogens is 536 g/mol.